The molecule has 0 aliphatic carbocycles. The van der Waals surface area contributed by atoms with E-state index in [0.29, 0.717) is 12.8 Å². The summed E-state index contributed by atoms with van der Waals surface area (Å²) in [7, 11) is 0. The number of hydrogen-bond acceptors (Lipinski definition) is 13. The molecule has 0 aromatic carbocycles. The van der Waals surface area contributed by atoms with E-state index in [0.717, 1.165) is 89.9 Å². The van der Waals surface area contributed by atoms with Crippen LogP contribution in [0, 0.1) is 0 Å². The van der Waals surface area contributed by atoms with Gasteiger partial charge in [-0.1, -0.05) is 257 Å². The topological polar surface area (TPSA) is 228 Å². The first-order valence-electron chi connectivity index (χ1n) is 34.3. The average molecular weight is 1220 g/mol. The van der Waals surface area contributed by atoms with Gasteiger partial charge >= 0.3 is 0 Å². The summed E-state index contributed by atoms with van der Waals surface area (Å²) in [5.41, 5.74) is 0. The van der Waals surface area contributed by atoms with Crippen LogP contribution in [0.15, 0.2) is 122 Å². The number of rotatable bonds is 54. The van der Waals surface area contributed by atoms with Crippen LogP contribution in [0.3, 0.4) is 0 Å². The molecular weight excluding hydrogens is 1100 g/mol. The van der Waals surface area contributed by atoms with Gasteiger partial charge in [0.1, 0.15) is 48.8 Å². The summed E-state index contributed by atoms with van der Waals surface area (Å²) < 4.78 is 22.8. The molecule has 14 heteroatoms. The van der Waals surface area contributed by atoms with Gasteiger partial charge in [-0.05, 0) is 96.3 Å². The monoisotopic (exact) mass is 1220 g/mol. The van der Waals surface area contributed by atoms with Crippen LogP contribution in [0.25, 0.3) is 0 Å². The van der Waals surface area contributed by atoms with Crippen LogP contribution in [0.4, 0.5) is 0 Å². The lowest BCUT2D eigenvalue weighted by Crippen LogP contribution is -2.65. The molecule has 87 heavy (non-hydrogen) atoms. The number of unbranched alkanes of at least 4 members (excludes halogenated alkanes) is 23. The zero-order chi connectivity index (χ0) is 63.1. The first-order chi connectivity index (χ1) is 42.6. The number of allylic oxidation sites excluding steroid dienone is 19. The summed E-state index contributed by atoms with van der Waals surface area (Å²) in [6.07, 6.45) is 65.4. The zero-order valence-corrected chi connectivity index (χ0v) is 54.0. The maximum absolute atomic E-state index is 13.3. The minimum absolute atomic E-state index is 0.256. The molecule has 2 fully saturated rings. The molecule has 0 spiro atoms. The summed E-state index contributed by atoms with van der Waals surface area (Å²) in [6, 6.07) is -0.940. The van der Waals surface area contributed by atoms with Crippen LogP contribution in [-0.2, 0) is 23.7 Å². The summed E-state index contributed by atoms with van der Waals surface area (Å²) in [6.45, 7) is 2.66. The van der Waals surface area contributed by atoms with E-state index in [9.17, 15) is 45.6 Å². The van der Waals surface area contributed by atoms with Gasteiger partial charge in [-0.25, -0.2) is 0 Å². The number of amides is 1. The number of hydrogen-bond donors (Lipinski definition) is 9. The predicted molar refractivity (Wildman–Crippen MR) is 355 cm³/mol. The third-order valence-corrected chi connectivity index (χ3v) is 15.9. The lowest BCUT2D eigenvalue weighted by molar-refractivity contribution is -0.359. The molecule has 2 saturated heterocycles. The van der Waals surface area contributed by atoms with Crippen molar-refractivity contribution in [3.05, 3.63) is 122 Å². The molecule has 2 rings (SSSR count). The molecule has 0 aromatic heterocycles. The molecule has 2 aliphatic heterocycles. The fourth-order valence-electron chi connectivity index (χ4n) is 10.4. The number of carbonyl (C=O) groups excluding carboxylic acids is 1. The second-order valence-corrected chi connectivity index (χ2v) is 23.6. The first-order valence-corrected chi connectivity index (χ1v) is 34.3. The molecule has 0 saturated carbocycles. The van der Waals surface area contributed by atoms with Crippen LogP contribution in [-0.4, -0.2) is 140 Å². The van der Waals surface area contributed by atoms with Crippen molar-refractivity contribution < 1.29 is 64.6 Å². The summed E-state index contributed by atoms with van der Waals surface area (Å²) >= 11 is 0. The summed E-state index contributed by atoms with van der Waals surface area (Å²) in [5.74, 6) is -0.256. The van der Waals surface area contributed by atoms with E-state index in [1.807, 2.05) is 6.08 Å². The van der Waals surface area contributed by atoms with Crippen molar-refractivity contribution >= 4 is 5.91 Å². The van der Waals surface area contributed by atoms with Crippen LogP contribution < -0.4 is 5.32 Å². The molecular formula is C73H123NO13. The van der Waals surface area contributed by atoms with E-state index in [1.54, 1.807) is 6.08 Å². The standard InChI is InChI=1S/C73H123NO13/c1-3-5-7-9-11-13-15-17-19-21-22-23-24-25-26-27-28-29-30-31-32-33-34-35-36-37-38-39-40-41-43-45-47-49-51-53-55-57-65(78)74-61(62(77)56-54-52-50-48-46-44-42-20-18-16-14-12-10-8-6-4-2)60-84-72-70(83)68(81)71(64(59-76)86-72)87-73-69(82)67(80)66(79)63(58-75)85-73/h5,7,11,13,17,19,22-23,25-26,28-29,31-32,34-35,46,48,54,56,61-64,66-73,75-77,79-83H,3-4,6,8-10,12,14-16,18,20-21,24,27,30,33,36-45,47,49-53,55,57-60H2,1-2H3,(H,74,78)/b7-5-,13-11-,19-17-,23-22-,26-25-,29-28-,32-31-,35-34-,48-46+,56-54+. The van der Waals surface area contributed by atoms with E-state index in [4.69, 9.17) is 18.9 Å². The highest BCUT2D eigenvalue weighted by Crippen LogP contribution is 2.30. The summed E-state index contributed by atoms with van der Waals surface area (Å²) in [4.78, 5) is 13.3. The summed E-state index contributed by atoms with van der Waals surface area (Å²) in [5, 5.41) is 87.3. The number of aliphatic hydroxyl groups is 8. The number of carbonyl (C=O) groups is 1. The minimum Gasteiger partial charge on any atom is -0.394 e. The lowest BCUT2D eigenvalue weighted by atomic mass is 9.97. The molecule has 9 N–H and O–H groups in total. The normalized spacial score (nSPS) is 24.1. The fourth-order valence-corrected chi connectivity index (χ4v) is 10.4. The first kappa shape index (κ1) is 79.5. The quantitative estimate of drug-likeness (QED) is 0.0204. The van der Waals surface area contributed by atoms with Gasteiger partial charge in [-0.2, -0.15) is 0 Å². The van der Waals surface area contributed by atoms with Crippen molar-refractivity contribution in [1.82, 2.24) is 5.32 Å². The maximum Gasteiger partial charge on any atom is 0.220 e. The Bertz CT molecular complexity index is 1920. The molecule has 12 atom stereocenters. The van der Waals surface area contributed by atoms with Gasteiger partial charge in [-0.15, -0.1) is 0 Å². The predicted octanol–water partition coefficient (Wildman–Crippen LogP) is 13.7. The Hall–Kier alpha value is -3.61. The van der Waals surface area contributed by atoms with Gasteiger partial charge in [0.2, 0.25) is 5.91 Å². The van der Waals surface area contributed by atoms with Crippen LogP contribution in [0.1, 0.15) is 239 Å². The van der Waals surface area contributed by atoms with Crippen LogP contribution >= 0.6 is 0 Å². The Balaban J connectivity index is 1.65. The second kappa shape index (κ2) is 56.4. The number of ether oxygens (including phenoxy) is 4. The van der Waals surface area contributed by atoms with Crippen LogP contribution in [0.5, 0.6) is 0 Å². The third-order valence-electron chi connectivity index (χ3n) is 15.9. The van der Waals surface area contributed by atoms with Gasteiger partial charge in [0.05, 0.1) is 32.0 Å². The SMILES string of the molecule is CC/C=C\C/C=C\C/C=C\C/C=C\C/C=C\C/C=C\C/C=C\C/C=C\CCCCCCCCCCCCCCC(=O)NC(COC1OC(CO)C(OC2OC(CO)C(O)C(O)C2O)C(O)C1O)C(O)/C=C/CC/C=C/CCCCCCCCCCCC. The highest BCUT2D eigenvalue weighted by molar-refractivity contribution is 5.76. The Morgan fingerprint density at radius 2 is 0.805 bits per heavy atom. The van der Waals surface area contributed by atoms with Crippen LogP contribution in [0.2, 0.25) is 0 Å². The molecule has 2 heterocycles. The third kappa shape index (κ3) is 40.7. The Kier molecular flexibility index (Phi) is 51.5. The molecule has 0 aromatic rings. The van der Waals surface area contributed by atoms with Gasteiger partial charge in [0, 0.05) is 6.42 Å². The van der Waals surface area contributed by atoms with Crippen molar-refractivity contribution in [2.45, 2.75) is 312 Å². The highest BCUT2D eigenvalue weighted by Gasteiger charge is 2.51. The molecule has 12 unspecified atom stereocenters. The largest absolute Gasteiger partial charge is 0.394 e. The van der Waals surface area contributed by atoms with Gasteiger partial charge in [0.25, 0.3) is 0 Å². The smallest absolute Gasteiger partial charge is 0.220 e. The highest BCUT2D eigenvalue weighted by atomic mass is 16.7. The minimum atomic E-state index is -1.80. The van der Waals surface area contributed by atoms with E-state index in [1.165, 1.54) is 116 Å². The van der Waals surface area contributed by atoms with Crippen molar-refractivity contribution in [3.8, 4) is 0 Å². The average Bonchev–Trinajstić information content (AvgIpc) is 2.36. The zero-order valence-electron chi connectivity index (χ0n) is 54.0. The van der Waals surface area contributed by atoms with E-state index in [2.05, 4.69) is 129 Å². The molecule has 1 amide bonds. The van der Waals surface area contributed by atoms with Crippen molar-refractivity contribution in [1.29, 1.82) is 0 Å². The van der Waals surface area contributed by atoms with E-state index < -0.39 is 86.8 Å². The number of nitrogens with one attached hydrogen (secondary N) is 1. The molecule has 0 bridgehead atoms. The van der Waals surface area contributed by atoms with Crippen molar-refractivity contribution in [3.63, 3.8) is 0 Å². The second-order valence-electron chi connectivity index (χ2n) is 23.6. The molecule has 0 radical (unpaired) electrons. The van der Waals surface area contributed by atoms with Gasteiger partial charge in [0.15, 0.2) is 12.6 Å². The molecule has 2 aliphatic rings. The van der Waals surface area contributed by atoms with Crippen molar-refractivity contribution in [2.75, 3.05) is 19.8 Å². The molecule has 498 valence electrons. The fraction of sp³-hybridized carbons (Fsp3) is 0.712. The Morgan fingerprint density at radius 1 is 0.425 bits per heavy atom. The van der Waals surface area contributed by atoms with E-state index >= 15 is 0 Å². The molecule has 14 nitrogen and oxygen atoms in total. The maximum atomic E-state index is 13.3. The number of aliphatic hydroxyl groups excluding tert-OH is 8. The lowest BCUT2D eigenvalue weighted by Gasteiger charge is -2.46. The van der Waals surface area contributed by atoms with Gasteiger partial charge < -0.3 is 65.1 Å². The van der Waals surface area contributed by atoms with Gasteiger partial charge in [-0.3, -0.25) is 4.79 Å². The Morgan fingerprint density at radius 3 is 1.26 bits per heavy atom. The van der Waals surface area contributed by atoms with E-state index in [-0.39, 0.29) is 18.9 Å². The van der Waals surface area contributed by atoms with Crippen molar-refractivity contribution in [2.24, 2.45) is 0 Å². The Labute approximate surface area is 527 Å².